The van der Waals surface area contributed by atoms with Crippen LogP contribution in [0.4, 0.5) is 4.39 Å². The van der Waals surface area contributed by atoms with Gasteiger partial charge >= 0.3 is 5.97 Å². The van der Waals surface area contributed by atoms with Gasteiger partial charge in [-0.2, -0.15) is 0 Å². The van der Waals surface area contributed by atoms with Crippen LogP contribution in [0, 0.1) is 5.82 Å². The fourth-order valence-electron chi connectivity index (χ4n) is 1.20. The fourth-order valence-corrected chi connectivity index (χ4v) is 1.20. The van der Waals surface area contributed by atoms with E-state index in [1.165, 1.54) is 12.3 Å². The molecule has 2 heterocycles. The van der Waals surface area contributed by atoms with Gasteiger partial charge in [0, 0.05) is 6.20 Å². The van der Waals surface area contributed by atoms with Gasteiger partial charge in [-0.1, -0.05) is 0 Å². The van der Waals surface area contributed by atoms with E-state index in [-0.39, 0.29) is 24.0 Å². The quantitative estimate of drug-likeness (QED) is 0.844. The molecule has 7 nitrogen and oxygen atoms in total. The van der Waals surface area contributed by atoms with Crippen LogP contribution in [0.5, 0.6) is 0 Å². The lowest BCUT2D eigenvalue weighted by atomic mass is 10.2. The molecular weight excluding hydrogens is 245 g/mol. The molecule has 94 valence electrons. The second kappa shape index (κ2) is 5.32. The average Bonchev–Trinajstić information content (AvgIpc) is 2.78. The summed E-state index contributed by atoms with van der Waals surface area (Å²) in [6, 6.07) is 1.39. The molecule has 2 rings (SSSR count). The number of aromatic nitrogens is 3. The molecule has 0 aromatic carbocycles. The molecule has 0 amide bonds. The summed E-state index contributed by atoms with van der Waals surface area (Å²) in [6.45, 7) is -0.618. The van der Waals surface area contributed by atoms with Gasteiger partial charge in [-0.25, -0.2) is 9.18 Å². The van der Waals surface area contributed by atoms with Crippen molar-refractivity contribution in [2.45, 2.75) is 6.61 Å². The topological polar surface area (TPSA) is 98.3 Å². The van der Waals surface area contributed by atoms with Crippen molar-refractivity contribution in [3.05, 3.63) is 30.2 Å². The zero-order valence-electron chi connectivity index (χ0n) is 9.04. The highest BCUT2D eigenvalue weighted by atomic mass is 19.1. The van der Waals surface area contributed by atoms with Gasteiger partial charge in [-0.15, -0.1) is 10.2 Å². The first kappa shape index (κ1) is 12.1. The minimum absolute atomic E-state index is 0.0103. The van der Waals surface area contributed by atoms with Crippen molar-refractivity contribution < 1.29 is 23.4 Å². The number of hydrogen-bond donors (Lipinski definition) is 1. The van der Waals surface area contributed by atoms with Crippen LogP contribution >= 0.6 is 0 Å². The minimum atomic E-state index is -1.10. The Bertz CT molecular complexity index is 558. The number of halogens is 1. The van der Waals surface area contributed by atoms with Crippen LogP contribution in [-0.4, -0.2) is 32.9 Å². The Labute approximate surface area is 100 Å². The summed E-state index contributed by atoms with van der Waals surface area (Å²) >= 11 is 0. The molecule has 0 saturated carbocycles. The molecule has 0 aliphatic rings. The molecule has 1 N–H and O–H groups in total. The highest BCUT2D eigenvalue weighted by Gasteiger charge is 2.13. The normalized spacial score (nSPS) is 10.5. The van der Waals surface area contributed by atoms with E-state index in [1.807, 2.05) is 0 Å². The second-order valence-electron chi connectivity index (χ2n) is 3.24. The number of pyridine rings is 1. The lowest BCUT2D eigenvalue weighted by Gasteiger charge is -1.96. The summed E-state index contributed by atoms with van der Waals surface area (Å²) < 4.78 is 23.2. The van der Waals surface area contributed by atoms with E-state index < -0.39 is 18.4 Å². The third kappa shape index (κ3) is 2.86. The van der Waals surface area contributed by atoms with Gasteiger partial charge in [0.2, 0.25) is 5.89 Å². The summed E-state index contributed by atoms with van der Waals surface area (Å²) in [4.78, 5) is 13.8. The zero-order chi connectivity index (χ0) is 13.0. The fraction of sp³-hybridized carbons (Fsp3) is 0.200. The number of rotatable bonds is 5. The van der Waals surface area contributed by atoms with E-state index in [9.17, 15) is 9.18 Å². The first-order valence-corrected chi connectivity index (χ1v) is 4.88. The van der Waals surface area contributed by atoms with Gasteiger partial charge in [0.05, 0.1) is 11.8 Å². The van der Waals surface area contributed by atoms with Crippen LogP contribution in [0.1, 0.15) is 5.89 Å². The Hall–Kier alpha value is -2.35. The van der Waals surface area contributed by atoms with Gasteiger partial charge in [-0.3, -0.25) is 4.98 Å². The molecule has 8 heteroatoms. The number of hydrogen-bond acceptors (Lipinski definition) is 6. The Morgan fingerprint density at radius 1 is 1.50 bits per heavy atom. The van der Waals surface area contributed by atoms with Crippen LogP contribution in [0.15, 0.2) is 22.9 Å². The highest BCUT2D eigenvalue weighted by Crippen LogP contribution is 2.20. The Balaban J connectivity index is 2.06. The van der Waals surface area contributed by atoms with Crippen LogP contribution in [0.25, 0.3) is 11.5 Å². The summed E-state index contributed by atoms with van der Waals surface area (Å²) in [5.41, 5.74) is 0.127. The first-order valence-electron chi connectivity index (χ1n) is 4.88. The first-order chi connectivity index (χ1) is 8.66. The number of ether oxygens (including phenoxy) is 1. The van der Waals surface area contributed by atoms with Crippen molar-refractivity contribution in [3.8, 4) is 11.5 Å². The Kier molecular flexibility index (Phi) is 3.58. The van der Waals surface area contributed by atoms with E-state index in [2.05, 4.69) is 15.2 Å². The summed E-state index contributed by atoms with van der Waals surface area (Å²) in [6.07, 6.45) is 2.42. The van der Waals surface area contributed by atoms with Gasteiger partial charge in [0.1, 0.15) is 13.2 Å². The average molecular weight is 253 g/mol. The predicted molar refractivity (Wildman–Crippen MR) is 54.8 cm³/mol. The second-order valence-corrected chi connectivity index (χ2v) is 3.24. The molecule has 0 saturated heterocycles. The molecule has 18 heavy (non-hydrogen) atoms. The third-order valence-electron chi connectivity index (χ3n) is 1.92. The standard InChI is InChI=1S/C10H8FN3O4/c11-7-3-12-2-1-6(7)10-14-13-8(18-10)4-17-5-9(15)16/h1-3H,4-5H2,(H,15,16). The highest BCUT2D eigenvalue weighted by molar-refractivity contribution is 5.67. The lowest BCUT2D eigenvalue weighted by molar-refractivity contribution is -0.142. The maximum absolute atomic E-state index is 13.3. The van der Waals surface area contributed by atoms with Crippen molar-refractivity contribution in [2.24, 2.45) is 0 Å². The van der Waals surface area contributed by atoms with Gasteiger partial charge in [0.15, 0.2) is 5.82 Å². The number of carbonyl (C=O) groups is 1. The van der Waals surface area contributed by atoms with E-state index in [1.54, 1.807) is 0 Å². The van der Waals surface area contributed by atoms with Crippen LogP contribution in [-0.2, 0) is 16.1 Å². The molecular formula is C10H8FN3O4. The van der Waals surface area contributed by atoms with Crippen molar-refractivity contribution in [1.82, 2.24) is 15.2 Å². The largest absolute Gasteiger partial charge is 0.480 e. The van der Waals surface area contributed by atoms with E-state index in [4.69, 9.17) is 14.3 Å². The van der Waals surface area contributed by atoms with Gasteiger partial charge in [0.25, 0.3) is 5.89 Å². The maximum atomic E-state index is 13.3. The monoisotopic (exact) mass is 253 g/mol. The number of nitrogens with zero attached hydrogens (tertiary/aromatic N) is 3. The molecule has 0 radical (unpaired) electrons. The smallest absolute Gasteiger partial charge is 0.329 e. The molecule has 0 aliphatic carbocycles. The predicted octanol–water partition coefficient (Wildman–Crippen LogP) is 0.872. The van der Waals surface area contributed by atoms with E-state index >= 15 is 0 Å². The van der Waals surface area contributed by atoms with Crippen molar-refractivity contribution in [3.63, 3.8) is 0 Å². The summed E-state index contributed by atoms with van der Waals surface area (Å²) in [7, 11) is 0. The van der Waals surface area contributed by atoms with Crippen molar-refractivity contribution in [1.29, 1.82) is 0 Å². The zero-order valence-corrected chi connectivity index (χ0v) is 9.04. The van der Waals surface area contributed by atoms with Crippen LogP contribution in [0.3, 0.4) is 0 Å². The Morgan fingerprint density at radius 2 is 2.33 bits per heavy atom. The molecule has 2 aromatic heterocycles. The van der Waals surface area contributed by atoms with Gasteiger partial charge < -0.3 is 14.3 Å². The number of carboxylic acids is 1. The van der Waals surface area contributed by atoms with Crippen LogP contribution in [0.2, 0.25) is 0 Å². The summed E-state index contributed by atoms with van der Waals surface area (Å²) in [5.74, 6) is -1.62. The third-order valence-corrected chi connectivity index (χ3v) is 1.92. The van der Waals surface area contributed by atoms with Crippen molar-refractivity contribution in [2.75, 3.05) is 6.61 Å². The van der Waals surface area contributed by atoms with Crippen molar-refractivity contribution >= 4 is 5.97 Å². The molecule has 2 aromatic rings. The molecule has 0 aliphatic heterocycles. The van der Waals surface area contributed by atoms with Gasteiger partial charge in [-0.05, 0) is 6.07 Å². The molecule has 0 atom stereocenters. The van der Waals surface area contributed by atoms with E-state index in [0.29, 0.717) is 0 Å². The molecule has 0 unspecified atom stereocenters. The Morgan fingerprint density at radius 3 is 3.06 bits per heavy atom. The van der Waals surface area contributed by atoms with Crippen LogP contribution < -0.4 is 0 Å². The molecule has 0 spiro atoms. The van der Waals surface area contributed by atoms with E-state index in [0.717, 1.165) is 6.20 Å². The number of aliphatic carboxylic acids is 1. The maximum Gasteiger partial charge on any atom is 0.329 e. The lowest BCUT2D eigenvalue weighted by Crippen LogP contribution is -2.06. The molecule has 0 bridgehead atoms. The SMILES string of the molecule is O=C(O)COCc1nnc(-c2ccncc2F)o1. The summed E-state index contributed by atoms with van der Waals surface area (Å²) in [5, 5.41) is 15.6. The number of carboxylic acid groups (broad SMARTS) is 1. The minimum Gasteiger partial charge on any atom is -0.480 e. The molecule has 0 fully saturated rings.